The normalized spacial score (nSPS) is 18.4. The van der Waals surface area contributed by atoms with Gasteiger partial charge in [0.1, 0.15) is 0 Å². The molecule has 0 radical (unpaired) electrons. The summed E-state index contributed by atoms with van der Waals surface area (Å²) in [5.74, 6) is -12.5. The molecule has 12 heteroatoms. The van der Waals surface area contributed by atoms with E-state index in [9.17, 15) is 48.3 Å². The van der Waals surface area contributed by atoms with Gasteiger partial charge in [0.15, 0.2) is 0 Å². The number of ether oxygens (including phenoxy) is 1. The van der Waals surface area contributed by atoms with Gasteiger partial charge in [-0.05, 0) is 13.0 Å². The van der Waals surface area contributed by atoms with Crippen LogP contribution >= 0.6 is 0 Å². The third kappa shape index (κ3) is 3.33. The van der Waals surface area contributed by atoms with E-state index in [1.54, 1.807) is 0 Å². The van der Waals surface area contributed by atoms with Crippen molar-refractivity contribution in [1.82, 2.24) is 0 Å². The molecule has 0 saturated carbocycles. The molecule has 120 valence electrons. The van der Waals surface area contributed by atoms with Crippen molar-refractivity contribution in [2.45, 2.75) is 37.2 Å². The summed E-state index contributed by atoms with van der Waals surface area (Å²) in [5.41, 5.74) is 0. The van der Waals surface area contributed by atoms with Gasteiger partial charge in [0.25, 0.3) is 0 Å². The zero-order chi connectivity index (χ0) is 16.6. The molecule has 1 atom stereocenters. The quantitative estimate of drug-likeness (QED) is 0.542. The lowest BCUT2D eigenvalue weighted by Crippen LogP contribution is -2.58. The molecule has 0 spiro atoms. The fourth-order valence-electron chi connectivity index (χ4n) is 0.816. The molecule has 0 aromatic heterocycles. The molecule has 0 amide bonds. The molecule has 0 bridgehead atoms. The highest BCUT2D eigenvalue weighted by molar-refractivity contribution is 5.01. The lowest BCUT2D eigenvalue weighted by atomic mass is 10.2. The van der Waals surface area contributed by atoms with Crippen LogP contribution in [0.5, 0.6) is 0 Å². The number of alkyl halides is 11. The van der Waals surface area contributed by atoms with E-state index in [0.29, 0.717) is 6.92 Å². The van der Waals surface area contributed by atoms with Crippen LogP contribution in [-0.4, -0.2) is 30.2 Å². The maximum atomic E-state index is 13.1. The van der Waals surface area contributed by atoms with E-state index < -0.39 is 36.3 Å². The Morgan fingerprint density at radius 2 is 1.10 bits per heavy atom. The van der Waals surface area contributed by atoms with Gasteiger partial charge in [0.2, 0.25) is 0 Å². The van der Waals surface area contributed by atoms with Gasteiger partial charge in [-0.2, -0.15) is 48.3 Å². The molecule has 0 aliphatic rings. The Morgan fingerprint density at radius 3 is 1.35 bits per heavy atom. The first kappa shape index (κ1) is 18.9. The Kier molecular flexibility index (Phi) is 4.77. The Balaban J connectivity index is 5.66. The molecule has 0 fully saturated rings. The van der Waals surface area contributed by atoms with E-state index in [2.05, 4.69) is 4.74 Å². The Bertz CT molecular complexity index is 366. The topological polar surface area (TPSA) is 9.23 Å². The first-order chi connectivity index (χ1) is 8.52. The predicted octanol–water partition coefficient (Wildman–Crippen LogP) is 4.60. The maximum absolute atomic E-state index is 13.1. The summed E-state index contributed by atoms with van der Waals surface area (Å²) in [6, 6.07) is 0. The molecular weight excluding hydrogens is 321 g/mol. The lowest BCUT2D eigenvalue weighted by molar-refractivity contribution is -0.473. The minimum Gasteiger partial charge on any atom is -0.266 e. The molecule has 0 heterocycles. The summed E-state index contributed by atoms with van der Waals surface area (Å²) in [5, 5.41) is 0. The second kappa shape index (κ2) is 5.04. The molecule has 0 aliphatic carbocycles. The van der Waals surface area contributed by atoms with E-state index >= 15 is 0 Å². The summed E-state index contributed by atoms with van der Waals surface area (Å²) < 4.78 is 136. The van der Waals surface area contributed by atoms with E-state index in [-0.39, 0.29) is 6.08 Å². The number of hydrogen-bond acceptors (Lipinski definition) is 1. The van der Waals surface area contributed by atoms with Crippen LogP contribution in [-0.2, 0) is 4.74 Å². The highest BCUT2D eigenvalue weighted by atomic mass is 19.4. The fourth-order valence-corrected chi connectivity index (χ4v) is 0.816. The highest BCUT2D eigenvalue weighted by Crippen LogP contribution is 2.51. The van der Waals surface area contributed by atoms with Crippen LogP contribution in [0.2, 0.25) is 0 Å². The van der Waals surface area contributed by atoms with Gasteiger partial charge < -0.3 is 0 Å². The molecule has 0 rings (SSSR count). The van der Waals surface area contributed by atoms with Gasteiger partial charge >= 0.3 is 30.2 Å². The second-order valence-corrected chi connectivity index (χ2v) is 3.33. The minimum atomic E-state index is -7.02. The van der Waals surface area contributed by atoms with Crippen LogP contribution in [0.4, 0.5) is 48.3 Å². The van der Waals surface area contributed by atoms with E-state index in [1.807, 2.05) is 0 Å². The van der Waals surface area contributed by atoms with Gasteiger partial charge in [-0.1, -0.05) is 6.08 Å². The van der Waals surface area contributed by atoms with Crippen molar-refractivity contribution in [1.29, 1.82) is 0 Å². The standard InChI is InChI=1S/C8H5F11O/c1-2-3-4(9,6(12,13)14)20-8(18,19)5(10,11)7(15,16)17/h2-3H,1H3. The number of allylic oxidation sites excluding steroid dienone is 1. The summed E-state index contributed by atoms with van der Waals surface area (Å²) >= 11 is 0. The number of halogens is 11. The third-order valence-corrected chi connectivity index (χ3v) is 1.77. The average Bonchev–Trinajstić information content (AvgIpc) is 2.12. The second-order valence-electron chi connectivity index (χ2n) is 3.33. The molecular formula is C8H5F11O. The van der Waals surface area contributed by atoms with Crippen molar-refractivity contribution in [2.75, 3.05) is 0 Å². The maximum Gasteiger partial charge on any atom is 0.462 e. The van der Waals surface area contributed by atoms with Crippen molar-refractivity contribution >= 4 is 0 Å². The van der Waals surface area contributed by atoms with Gasteiger partial charge in [-0.3, -0.25) is 4.74 Å². The fraction of sp³-hybridized carbons (Fsp3) is 0.750. The van der Waals surface area contributed by atoms with Gasteiger partial charge in [-0.15, -0.1) is 0 Å². The highest BCUT2D eigenvalue weighted by Gasteiger charge is 2.77. The monoisotopic (exact) mass is 326 g/mol. The summed E-state index contributed by atoms with van der Waals surface area (Å²) in [6.45, 7) is 0.670. The van der Waals surface area contributed by atoms with Gasteiger partial charge in [-0.25, -0.2) is 0 Å². The van der Waals surface area contributed by atoms with Crippen LogP contribution < -0.4 is 0 Å². The van der Waals surface area contributed by atoms with E-state index in [0.717, 1.165) is 0 Å². The minimum absolute atomic E-state index is 0.148. The predicted molar refractivity (Wildman–Crippen MR) is 41.7 cm³/mol. The van der Waals surface area contributed by atoms with Crippen molar-refractivity contribution in [2.24, 2.45) is 0 Å². The molecule has 0 saturated heterocycles. The van der Waals surface area contributed by atoms with Crippen LogP contribution in [0.25, 0.3) is 0 Å². The van der Waals surface area contributed by atoms with Gasteiger partial charge in [0, 0.05) is 0 Å². The molecule has 0 aromatic carbocycles. The smallest absolute Gasteiger partial charge is 0.266 e. The first-order valence-electron chi connectivity index (χ1n) is 4.44. The molecule has 0 aliphatic heterocycles. The molecule has 1 unspecified atom stereocenters. The Labute approximate surface area is 104 Å². The van der Waals surface area contributed by atoms with Crippen molar-refractivity contribution in [3.8, 4) is 0 Å². The molecule has 0 N–H and O–H groups in total. The van der Waals surface area contributed by atoms with Crippen LogP contribution in [0, 0.1) is 0 Å². The van der Waals surface area contributed by atoms with Crippen LogP contribution in [0.1, 0.15) is 6.92 Å². The van der Waals surface area contributed by atoms with Crippen molar-refractivity contribution in [3.63, 3.8) is 0 Å². The largest absolute Gasteiger partial charge is 0.462 e. The average molecular weight is 326 g/mol. The summed E-state index contributed by atoms with van der Waals surface area (Å²) in [4.78, 5) is 0. The molecule has 0 aromatic rings. The molecule has 20 heavy (non-hydrogen) atoms. The van der Waals surface area contributed by atoms with Crippen LogP contribution in [0.15, 0.2) is 12.2 Å². The first-order valence-corrected chi connectivity index (χ1v) is 4.44. The number of rotatable bonds is 4. The lowest BCUT2D eigenvalue weighted by Gasteiger charge is -2.33. The summed E-state index contributed by atoms with van der Waals surface area (Å²) in [7, 11) is 0. The van der Waals surface area contributed by atoms with E-state index in [4.69, 9.17) is 0 Å². The SMILES string of the molecule is CC=CC(F)(OC(F)(F)C(F)(F)C(F)(F)F)C(F)(F)F. The van der Waals surface area contributed by atoms with Crippen molar-refractivity contribution < 1.29 is 53.0 Å². The Morgan fingerprint density at radius 1 is 0.700 bits per heavy atom. The Hall–Kier alpha value is -1.07. The van der Waals surface area contributed by atoms with Crippen LogP contribution in [0.3, 0.4) is 0 Å². The zero-order valence-electron chi connectivity index (χ0n) is 9.22. The number of hydrogen-bond donors (Lipinski definition) is 0. The van der Waals surface area contributed by atoms with Gasteiger partial charge in [0.05, 0.1) is 0 Å². The van der Waals surface area contributed by atoms with E-state index in [1.165, 1.54) is 0 Å². The summed E-state index contributed by atoms with van der Waals surface area (Å²) in [6.07, 6.45) is -20.7. The molecule has 1 nitrogen and oxygen atoms in total. The third-order valence-electron chi connectivity index (χ3n) is 1.77. The zero-order valence-corrected chi connectivity index (χ0v) is 9.22. The van der Waals surface area contributed by atoms with Crippen molar-refractivity contribution in [3.05, 3.63) is 12.2 Å².